The molecule has 0 bridgehead atoms. The lowest BCUT2D eigenvalue weighted by molar-refractivity contribution is -0.274. The third kappa shape index (κ3) is 12.5. The summed E-state index contributed by atoms with van der Waals surface area (Å²) >= 11 is 1.25. The maximum Gasteiger partial charge on any atom is 0.573 e. The monoisotopic (exact) mass is 865 g/mol. The Bertz CT molecular complexity index is 2270. The first kappa shape index (κ1) is 44.6. The Labute approximate surface area is 351 Å². The molecule has 3 heterocycles. The Morgan fingerprint density at radius 3 is 2.13 bits per heavy atom. The Morgan fingerprint density at radius 2 is 1.46 bits per heavy atom. The van der Waals surface area contributed by atoms with E-state index >= 15 is 0 Å². The number of rotatable bonds is 23. The Balaban J connectivity index is 0.982. The number of imide groups is 1. The average Bonchev–Trinajstić information content (AvgIpc) is 3.82. The van der Waals surface area contributed by atoms with Crippen LogP contribution in [0.25, 0.3) is 21.1 Å². The largest absolute Gasteiger partial charge is 0.573 e. The number of alkyl halides is 3. The number of nitrogens with one attached hydrogen (secondary N) is 1. The number of carbonyl (C=O) groups excluding carboxylic acids is 4. The van der Waals surface area contributed by atoms with Crippen LogP contribution in [0.2, 0.25) is 0 Å². The molecule has 5 aromatic rings. The highest BCUT2D eigenvalue weighted by molar-refractivity contribution is 7.22. The highest BCUT2D eigenvalue weighted by atomic mass is 32.1. The second-order valence-corrected chi connectivity index (χ2v) is 14.3. The van der Waals surface area contributed by atoms with E-state index in [1.807, 2.05) is 18.2 Å². The van der Waals surface area contributed by atoms with Gasteiger partial charge in [-0.25, -0.2) is 4.98 Å². The number of phenols is 1. The fourth-order valence-electron chi connectivity index (χ4n) is 6.27. The smallest absolute Gasteiger partial charge is 0.505 e. The van der Waals surface area contributed by atoms with Crippen LogP contribution < -0.4 is 15.0 Å². The molecule has 1 atom stereocenters. The normalized spacial score (nSPS) is 13.3. The van der Waals surface area contributed by atoms with Crippen LogP contribution >= 0.6 is 11.3 Å². The van der Waals surface area contributed by atoms with Crippen LogP contribution in [0, 0.1) is 0 Å². The zero-order chi connectivity index (χ0) is 43.2. The molecule has 2 N–H and O–H groups in total. The van der Waals surface area contributed by atoms with Crippen molar-refractivity contribution in [3.63, 3.8) is 0 Å². The van der Waals surface area contributed by atoms with Crippen molar-refractivity contribution in [2.75, 3.05) is 70.8 Å². The van der Waals surface area contributed by atoms with Crippen molar-refractivity contribution in [1.82, 2.24) is 20.2 Å². The first-order chi connectivity index (χ1) is 29.5. The molecule has 0 fully saturated rings. The van der Waals surface area contributed by atoms with Crippen molar-refractivity contribution in [2.24, 2.45) is 0 Å². The third-order valence-electron chi connectivity index (χ3n) is 9.13. The van der Waals surface area contributed by atoms with Crippen molar-refractivity contribution in [3.8, 4) is 11.5 Å². The standard InChI is InChI=1S/C42H42F3N5O10S/c43-42(44,45)60-30-10-7-29(8-11-30)39(31-12-9-28-4-3-17-47-38(28)40(31)55)50(41-48-32-5-1-2-6-33(32)61-41)37(54)16-20-56-22-24-58-26-27-59-25-23-57-21-18-46-34(51)15-19-49-35(52)13-14-36(49)53/h1-14,17,39,55H,15-16,18-27H2,(H,46,51). The number of anilines is 1. The third-order valence-corrected chi connectivity index (χ3v) is 10.2. The molecular weight excluding hydrogens is 824 g/mol. The molecular formula is C42H42F3N5O10S. The molecule has 0 saturated heterocycles. The molecule has 61 heavy (non-hydrogen) atoms. The number of nitrogens with zero attached hydrogens (tertiary/aromatic N) is 4. The van der Waals surface area contributed by atoms with Crippen molar-refractivity contribution >= 4 is 61.2 Å². The summed E-state index contributed by atoms with van der Waals surface area (Å²) in [4.78, 5) is 60.9. The Kier molecular flexibility index (Phi) is 15.7. The number of para-hydroxylation sites is 1. The maximum absolute atomic E-state index is 14.3. The summed E-state index contributed by atoms with van der Waals surface area (Å²) in [6.45, 7) is 2.09. The molecule has 3 aromatic carbocycles. The highest BCUT2D eigenvalue weighted by Gasteiger charge is 2.34. The molecule has 2 aromatic heterocycles. The number of aromatic hydroxyl groups is 1. The van der Waals surface area contributed by atoms with Crippen molar-refractivity contribution < 1.29 is 61.1 Å². The summed E-state index contributed by atoms with van der Waals surface area (Å²) in [5.74, 6) is -2.25. The van der Waals surface area contributed by atoms with E-state index in [-0.39, 0.29) is 81.7 Å². The van der Waals surface area contributed by atoms with Crippen molar-refractivity contribution in [1.29, 1.82) is 0 Å². The van der Waals surface area contributed by atoms with E-state index in [0.29, 0.717) is 41.4 Å². The molecule has 0 aliphatic carbocycles. The Hall–Kier alpha value is -5.99. The van der Waals surface area contributed by atoms with E-state index in [9.17, 15) is 37.5 Å². The maximum atomic E-state index is 14.3. The van der Waals surface area contributed by atoms with Gasteiger partial charge in [-0.05, 0) is 35.9 Å². The molecule has 322 valence electrons. The topological polar surface area (TPSA) is 179 Å². The van der Waals surface area contributed by atoms with Gasteiger partial charge in [-0.2, -0.15) is 0 Å². The molecule has 1 aliphatic heterocycles. The van der Waals surface area contributed by atoms with E-state index < -0.39 is 35.9 Å². The van der Waals surface area contributed by atoms with Gasteiger partial charge in [-0.3, -0.25) is 34.0 Å². The van der Waals surface area contributed by atoms with Gasteiger partial charge in [-0.15, -0.1) is 13.2 Å². The fourth-order valence-corrected chi connectivity index (χ4v) is 7.28. The minimum atomic E-state index is -4.91. The minimum Gasteiger partial charge on any atom is -0.505 e. The van der Waals surface area contributed by atoms with Gasteiger partial charge in [0.2, 0.25) is 11.8 Å². The SMILES string of the molecule is O=C(CCN1C(=O)C=CC1=O)NCCOCCOCCOCCOCCC(=O)N(c1nc2ccccc2s1)C(c1ccc(OC(F)(F)F)cc1)c1ccc2cccnc2c1O. The number of ether oxygens (including phenoxy) is 5. The second kappa shape index (κ2) is 21.5. The van der Waals surface area contributed by atoms with Crippen LogP contribution in [0.3, 0.4) is 0 Å². The number of carbonyl (C=O) groups is 4. The molecule has 0 spiro atoms. The van der Waals surface area contributed by atoms with Gasteiger partial charge in [0, 0.05) is 48.8 Å². The van der Waals surface area contributed by atoms with Gasteiger partial charge >= 0.3 is 6.36 Å². The van der Waals surface area contributed by atoms with Crippen LogP contribution in [0.1, 0.15) is 30.0 Å². The highest BCUT2D eigenvalue weighted by Crippen LogP contribution is 2.43. The fraction of sp³-hybridized carbons (Fsp3) is 0.333. The first-order valence-corrected chi connectivity index (χ1v) is 20.0. The zero-order valence-corrected chi connectivity index (χ0v) is 33.5. The number of benzene rings is 3. The number of fused-ring (bicyclic) bond motifs is 2. The number of amides is 4. The number of hydrogen-bond acceptors (Lipinski definition) is 13. The zero-order valence-electron chi connectivity index (χ0n) is 32.7. The molecule has 0 saturated carbocycles. The molecule has 19 heteroatoms. The van der Waals surface area contributed by atoms with E-state index in [1.165, 1.54) is 46.7 Å². The van der Waals surface area contributed by atoms with Crippen molar-refractivity contribution in [2.45, 2.75) is 25.2 Å². The molecule has 1 unspecified atom stereocenters. The van der Waals surface area contributed by atoms with Crippen LogP contribution in [0.4, 0.5) is 18.3 Å². The lowest BCUT2D eigenvalue weighted by Gasteiger charge is -2.31. The summed E-state index contributed by atoms with van der Waals surface area (Å²) < 4.78 is 66.3. The predicted octanol–water partition coefficient (Wildman–Crippen LogP) is 5.46. The number of halogens is 3. The Morgan fingerprint density at radius 1 is 0.803 bits per heavy atom. The predicted molar refractivity (Wildman–Crippen MR) is 217 cm³/mol. The quantitative estimate of drug-likeness (QED) is 0.0627. The molecule has 6 rings (SSSR count). The average molecular weight is 866 g/mol. The molecule has 4 amide bonds. The van der Waals surface area contributed by atoms with Gasteiger partial charge < -0.3 is 34.1 Å². The van der Waals surface area contributed by atoms with Crippen LogP contribution in [-0.4, -0.2) is 116 Å². The van der Waals surface area contributed by atoms with Gasteiger partial charge in [0.25, 0.3) is 11.8 Å². The van der Waals surface area contributed by atoms with E-state index in [2.05, 4.69) is 15.0 Å². The summed E-state index contributed by atoms with van der Waals surface area (Å²) in [6.07, 6.45) is -1.16. The van der Waals surface area contributed by atoms with Gasteiger partial charge in [0.15, 0.2) is 5.13 Å². The number of phenolic OH excluding ortho intramolecular Hbond substituents is 1. The molecule has 1 aliphatic rings. The number of hydrogen-bond donors (Lipinski definition) is 2. The van der Waals surface area contributed by atoms with Crippen LogP contribution in [0.5, 0.6) is 11.5 Å². The number of pyridine rings is 1. The molecule has 0 radical (unpaired) electrons. The molecule has 15 nitrogen and oxygen atoms in total. The lowest BCUT2D eigenvalue weighted by Crippen LogP contribution is -2.36. The van der Waals surface area contributed by atoms with Crippen LogP contribution in [-0.2, 0) is 38.1 Å². The summed E-state index contributed by atoms with van der Waals surface area (Å²) in [7, 11) is 0. The van der Waals surface area contributed by atoms with Crippen molar-refractivity contribution in [3.05, 3.63) is 102 Å². The van der Waals surface area contributed by atoms with E-state index in [0.717, 1.165) is 21.7 Å². The first-order valence-electron chi connectivity index (χ1n) is 19.2. The second-order valence-electron chi connectivity index (χ2n) is 13.3. The lowest BCUT2D eigenvalue weighted by atomic mass is 9.94. The van der Waals surface area contributed by atoms with Gasteiger partial charge in [-0.1, -0.05) is 53.8 Å². The number of aromatic nitrogens is 2. The van der Waals surface area contributed by atoms with E-state index in [1.54, 1.807) is 30.3 Å². The van der Waals surface area contributed by atoms with Gasteiger partial charge in [0.1, 0.15) is 17.0 Å². The van der Waals surface area contributed by atoms with E-state index in [4.69, 9.17) is 23.9 Å². The van der Waals surface area contributed by atoms with Crippen LogP contribution in [0.15, 0.2) is 91.1 Å². The summed E-state index contributed by atoms with van der Waals surface area (Å²) in [6, 6.07) is 18.3. The minimum absolute atomic E-state index is 0.000132. The van der Waals surface area contributed by atoms with Gasteiger partial charge in [0.05, 0.1) is 75.5 Å². The summed E-state index contributed by atoms with van der Waals surface area (Å²) in [5.41, 5.74) is 1.57. The summed E-state index contributed by atoms with van der Waals surface area (Å²) in [5, 5.41) is 15.2. The number of thiazole rings is 1.